The number of ether oxygens (including phenoxy) is 2. The molecule has 2 unspecified atom stereocenters. The number of carbonyl (C=O) groups is 4. The summed E-state index contributed by atoms with van der Waals surface area (Å²) in [6.45, 7) is 23.9. The van der Waals surface area contributed by atoms with Crippen LogP contribution < -0.4 is 21.7 Å². The van der Waals surface area contributed by atoms with Gasteiger partial charge in [-0.1, -0.05) is 149 Å². The van der Waals surface area contributed by atoms with Crippen LogP contribution in [0.2, 0.25) is 0 Å². The fourth-order valence-corrected chi connectivity index (χ4v) is 7.06. The molecule has 4 rings (SSSR count). The molecule has 0 fully saturated rings. The highest BCUT2D eigenvalue weighted by Crippen LogP contribution is 2.34. The molecule has 0 saturated heterocycles. The van der Waals surface area contributed by atoms with Crippen molar-refractivity contribution in [3.63, 3.8) is 0 Å². The zero-order chi connectivity index (χ0) is 57.0. The number of nitrogen functional groups attached to an aromatic ring is 1. The van der Waals surface area contributed by atoms with Crippen molar-refractivity contribution in [3.05, 3.63) is 119 Å². The van der Waals surface area contributed by atoms with Crippen LogP contribution in [0.5, 0.6) is 11.5 Å². The van der Waals surface area contributed by atoms with Gasteiger partial charge in [0.15, 0.2) is 0 Å². The van der Waals surface area contributed by atoms with Gasteiger partial charge < -0.3 is 46.5 Å². The SMILES string of the molecule is C.CC(C[C@@H](C)Cc1ccc(O)c(N)c1)C(C)(C)C.CC(C[C@@H](C)Cc1ccc(O)c(NC(=O)CCCNC(=O)OCc2ccccc2)c1)C(C)(C)C.O=C(O)CCCNC(=O)OCc1ccccc1.O=C=O.O=C=O. The molecule has 4 aromatic carbocycles. The number of benzene rings is 4. The Kier molecular flexibility index (Phi) is 36.2. The number of nitrogens with one attached hydrogen (secondary N) is 3. The molecule has 8 N–H and O–H groups in total. The van der Waals surface area contributed by atoms with Gasteiger partial charge in [0.2, 0.25) is 5.91 Å². The molecule has 420 valence electrons. The molecule has 17 heteroatoms. The van der Waals surface area contributed by atoms with Crippen LogP contribution in [0.25, 0.3) is 0 Å². The Bertz CT molecular complexity index is 2320. The molecule has 0 aliphatic heterocycles. The second kappa shape index (κ2) is 39.0. The van der Waals surface area contributed by atoms with Crippen LogP contribution >= 0.6 is 0 Å². The Labute approximate surface area is 450 Å². The summed E-state index contributed by atoms with van der Waals surface area (Å²) in [5, 5.41) is 35.9. The van der Waals surface area contributed by atoms with Crippen molar-refractivity contribution >= 4 is 47.7 Å². The van der Waals surface area contributed by atoms with Crippen LogP contribution in [-0.2, 0) is 64.3 Å². The van der Waals surface area contributed by atoms with E-state index in [4.69, 9.17) is 39.5 Å². The number of phenolic OH excluding ortho intramolecular Hbond substituents is 2. The first-order valence-electron chi connectivity index (χ1n) is 25.0. The number of alkyl carbamates (subject to hydrolysis) is 2. The maximum atomic E-state index is 12.3. The maximum Gasteiger partial charge on any atom is 0.407 e. The number of carboxylic acid groups (broad SMARTS) is 1. The van der Waals surface area contributed by atoms with Crippen molar-refractivity contribution in [2.75, 3.05) is 24.1 Å². The number of hydrogen-bond acceptors (Lipinski definition) is 13. The lowest BCUT2D eigenvalue weighted by molar-refractivity contribution is -0.193. The Balaban J connectivity index is 0. The molecule has 76 heavy (non-hydrogen) atoms. The molecule has 0 aliphatic carbocycles. The average molecular weight is 1060 g/mol. The third-order valence-electron chi connectivity index (χ3n) is 12.2. The topological polar surface area (TPSA) is 278 Å². The Hall–Kier alpha value is -7.48. The summed E-state index contributed by atoms with van der Waals surface area (Å²) in [4.78, 5) is 78.0. The lowest BCUT2D eigenvalue weighted by atomic mass is 9.76. The first-order chi connectivity index (χ1) is 35.2. The molecule has 0 bridgehead atoms. The predicted octanol–water partition coefficient (Wildman–Crippen LogP) is 11.8. The van der Waals surface area contributed by atoms with Gasteiger partial charge in [0.1, 0.15) is 24.7 Å². The van der Waals surface area contributed by atoms with Crippen LogP contribution in [-0.4, -0.2) is 64.8 Å². The highest BCUT2D eigenvalue weighted by Gasteiger charge is 2.23. The summed E-state index contributed by atoms with van der Waals surface area (Å²) in [5.41, 5.74) is 11.4. The van der Waals surface area contributed by atoms with Crippen LogP contribution in [0.15, 0.2) is 97.1 Å². The third-order valence-corrected chi connectivity index (χ3v) is 12.2. The number of rotatable bonds is 21. The van der Waals surface area contributed by atoms with Crippen LogP contribution in [0, 0.1) is 34.5 Å². The van der Waals surface area contributed by atoms with Crippen molar-refractivity contribution in [1.29, 1.82) is 0 Å². The van der Waals surface area contributed by atoms with E-state index in [0.717, 1.165) is 36.0 Å². The van der Waals surface area contributed by atoms with Crippen molar-refractivity contribution in [2.24, 2.45) is 34.5 Å². The molecule has 4 atom stereocenters. The predicted molar refractivity (Wildman–Crippen MR) is 294 cm³/mol. The number of aliphatic carboxylic acids is 1. The van der Waals surface area contributed by atoms with E-state index in [2.05, 4.69) is 85.2 Å². The molecule has 0 spiro atoms. The monoisotopic (exact) mass is 1060 g/mol. The molecular weight excluding hydrogens is 973 g/mol. The largest absolute Gasteiger partial charge is 0.506 e. The van der Waals surface area contributed by atoms with Crippen LogP contribution in [0.1, 0.15) is 137 Å². The van der Waals surface area contributed by atoms with Gasteiger partial charge in [-0.15, -0.1) is 0 Å². The first kappa shape index (κ1) is 70.6. The molecule has 4 aromatic rings. The molecule has 0 heterocycles. The van der Waals surface area contributed by atoms with Gasteiger partial charge in [0, 0.05) is 25.9 Å². The molecule has 0 saturated carbocycles. The zero-order valence-electron chi connectivity index (χ0n) is 45.5. The number of carboxylic acids is 1. The summed E-state index contributed by atoms with van der Waals surface area (Å²) < 4.78 is 10.1. The summed E-state index contributed by atoms with van der Waals surface area (Å²) in [6, 6.07) is 29.7. The fourth-order valence-electron chi connectivity index (χ4n) is 7.06. The molecule has 0 aromatic heterocycles. The van der Waals surface area contributed by atoms with Gasteiger partial charge in [-0.3, -0.25) is 9.59 Å². The lowest BCUT2D eigenvalue weighted by Crippen LogP contribution is -2.26. The minimum absolute atomic E-state index is 0. The van der Waals surface area contributed by atoms with Gasteiger partial charge in [-0.25, -0.2) is 9.59 Å². The highest BCUT2D eigenvalue weighted by atomic mass is 16.6. The molecule has 0 radical (unpaired) electrons. The lowest BCUT2D eigenvalue weighted by Gasteiger charge is -2.29. The third kappa shape index (κ3) is 34.9. The van der Waals surface area contributed by atoms with Crippen molar-refractivity contribution in [3.8, 4) is 11.5 Å². The van der Waals surface area contributed by atoms with Gasteiger partial charge in [-0.2, -0.15) is 19.2 Å². The van der Waals surface area contributed by atoms with E-state index in [9.17, 15) is 29.4 Å². The second-order valence-corrected chi connectivity index (χ2v) is 20.7. The average Bonchev–Trinajstić information content (AvgIpc) is 3.33. The molecular formula is C59H86N4O13. The summed E-state index contributed by atoms with van der Waals surface area (Å²) >= 11 is 0. The number of carbonyl (C=O) groups excluding carboxylic acids is 7. The Morgan fingerprint density at radius 2 is 0.961 bits per heavy atom. The van der Waals surface area contributed by atoms with E-state index in [1.165, 1.54) is 12.0 Å². The van der Waals surface area contributed by atoms with Crippen molar-refractivity contribution < 1.29 is 63.1 Å². The molecule has 17 nitrogen and oxygen atoms in total. The van der Waals surface area contributed by atoms with Gasteiger partial charge >= 0.3 is 30.5 Å². The van der Waals surface area contributed by atoms with Crippen molar-refractivity contribution in [1.82, 2.24) is 10.6 Å². The highest BCUT2D eigenvalue weighted by molar-refractivity contribution is 5.92. The molecule has 3 amide bonds. The minimum atomic E-state index is -0.871. The summed E-state index contributed by atoms with van der Waals surface area (Å²) in [6.07, 6.45) is 4.83. The van der Waals surface area contributed by atoms with E-state index >= 15 is 0 Å². The number of nitrogens with two attached hydrogens (primary N) is 1. The quantitative estimate of drug-likeness (QED) is 0.0232. The fraction of sp³-hybridized carbons (Fsp3) is 0.492. The van der Waals surface area contributed by atoms with Gasteiger partial charge in [0.05, 0.1) is 11.4 Å². The van der Waals surface area contributed by atoms with E-state index in [1.807, 2.05) is 84.9 Å². The molecule has 0 aliphatic rings. The van der Waals surface area contributed by atoms with Crippen LogP contribution in [0.4, 0.5) is 21.0 Å². The van der Waals surface area contributed by atoms with E-state index in [1.54, 1.807) is 12.1 Å². The first-order valence-corrected chi connectivity index (χ1v) is 25.0. The Morgan fingerprint density at radius 1 is 0.579 bits per heavy atom. The van der Waals surface area contributed by atoms with E-state index < -0.39 is 18.2 Å². The number of anilines is 2. The minimum Gasteiger partial charge on any atom is -0.506 e. The zero-order valence-corrected chi connectivity index (χ0v) is 45.5. The standard InChI is InChI=1S/C28H40N2O4.C16H27NO.C12H15NO4.2CO2.CH4/c1-20(16-21(2)28(3,4)5)17-23-13-14-25(31)24(18-23)30-26(32)12-9-15-29-27(33)34-19-22-10-7-6-8-11-22;1-11(8-12(2)16(3,4)5)9-13-6-7-15(18)14(17)10-13;14-11(15)7-4-8-13-12(16)17-9-10-5-2-1-3-6-10;2*2-1-3;/h6-8,10-11,13-14,18,20-21,31H,9,12,15-17,19H2,1-5H3,(H,29,33)(H,30,32);6-7,10-12,18H,8-9,17H2,1-5H3;1-3,5-6H,4,7-9H2,(H,13,16)(H,14,15);;;1H4/t20-,21?;11-,12?;;;;/m11..../s1. The van der Waals surface area contributed by atoms with Gasteiger partial charge in [0.25, 0.3) is 0 Å². The normalized spacial score (nSPS) is 11.9. The Morgan fingerprint density at radius 3 is 1.34 bits per heavy atom. The number of hydrogen-bond donors (Lipinski definition) is 7. The van der Waals surface area contributed by atoms with Gasteiger partial charge in [-0.05, 0) is 120 Å². The summed E-state index contributed by atoms with van der Waals surface area (Å²) in [7, 11) is 0. The second-order valence-electron chi connectivity index (χ2n) is 20.7. The summed E-state index contributed by atoms with van der Waals surface area (Å²) in [5.74, 6) is 1.57. The number of aromatic hydroxyl groups is 2. The van der Waals surface area contributed by atoms with E-state index in [0.29, 0.717) is 66.4 Å². The van der Waals surface area contributed by atoms with Crippen molar-refractivity contribution in [2.45, 2.75) is 141 Å². The number of amides is 3. The number of phenols is 2. The maximum absolute atomic E-state index is 12.3. The van der Waals surface area contributed by atoms with Crippen LogP contribution in [0.3, 0.4) is 0 Å². The van der Waals surface area contributed by atoms with E-state index in [-0.39, 0.29) is 68.6 Å². The smallest absolute Gasteiger partial charge is 0.407 e.